The second-order valence-corrected chi connectivity index (χ2v) is 10.8. The van der Waals surface area contributed by atoms with Gasteiger partial charge < -0.3 is 14.3 Å². The Balaban J connectivity index is 1.37. The molecule has 0 fully saturated rings. The third-order valence-electron chi connectivity index (χ3n) is 8.42. The average Bonchev–Trinajstić information content (AvgIpc) is 3.60. The molecule has 3 heterocycles. The molecular weight excluding hydrogens is 514 g/mol. The lowest BCUT2D eigenvalue weighted by Crippen LogP contribution is -2.39. The topological polar surface area (TPSA) is 42.5 Å². The zero-order valence-corrected chi connectivity index (χ0v) is 22.7. The van der Waals surface area contributed by atoms with Crippen molar-refractivity contribution in [3.05, 3.63) is 156 Å². The maximum atomic E-state index is 6.58. The van der Waals surface area contributed by atoms with Gasteiger partial charge in [0, 0.05) is 38.4 Å². The predicted octanol–water partition coefficient (Wildman–Crippen LogP) is 8.94. The Kier molecular flexibility index (Phi) is 4.93. The van der Waals surface area contributed by atoms with Crippen LogP contribution in [0.5, 0.6) is 0 Å². The fourth-order valence-corrected chi connectivity index (χ4v) is 6.53. The molecule has 7 aromatic rings. The number of para-hydroxylation sites is 3. The number of nitrogens with zero attached hydrogens (tertiary/aromatic N) is 2. The van der Waals surface area contributed by atoms with Crippen molar-refractivity contribution in [3.8, 4) is 5.69 Å². The van der Waals surface area contributed by atoms with Crippen LogP contribution in [0.3, 0.4) is 0 Å². The molecule has 0 spiro atoms. The molecule has 2 aliphatic rings. The van der Waals surface area contributed by atoms with Crippen LogP contribution in [0, 0.1) is 0 Å². The van der Waals surface area contributed by atoms with Crippen LogP contribution in [0.15, 0.2) is 155 Å². The number of hydrogen-bond donors (Lipinski definition) is 1. The van der Waals surface area contributed by atoms with E-state index in [1.807, 2.05) is 18.2 Å². The van der Waals surface area contributed by atoms with Crippen molar-refractivity contribution < 1.29 is 4.42 Å². The first-order valence-electron chi connectivity index (χ1n) is 14.3. The first-order chi connectivity index (χ1) is 20.8. The zero-order valence-electron chi connectivity index (χ0n) is 22.7. The van der Waals surface area contributed by atoms with Gasteiger partial charge in [-0.25, -0.2) is 4.99 Å². The van der Waals surface area contributed by atoms with Crippen molar-refractivity contribution in [2.24, 2.45) is 4.99 Å². The Labute approximate surface area is 242 Å². The van der Waals surface area contributed by atoms with Crippen LogP contribution in [0.1, 0.15) is 11.1 Å². The number of benzene rings is 5. The summed E-state index contributed by atoms with van der Waals surface area (Å²) in [5, 5.41) is 8.37. The first-order valence-corrected chi connectivity index (χ1v) is 14.3. The third kappa shape index (κ3) is 3.39. The molecule has 0 saturated carbocycles. The highest BCUT2D eigenvalue weighted by molar-refractivity contribution is 6.18. The number of furan rings is 1. The van der Waals surface area contributed by atoms with E-state index in [1.54, 1.807) is 0 Å². The van der Waals surface area contributed by atoms with E-state index in [2.05, 4.69) is 131 Å². The normalized spacial score (nSPS) is 16.4. The number of nitrogens with one attached hydrogen (secondary N) is 1. The van der Waals surface area contributed by atoms with Crippen LogP contribution in [0.4, 0.5) is 0 Å². The lowest BCUT2D eigenvalue weighted by molar-refractivity contribution is 0.667. The van der Waals surface area contributed by atoms with Crippen molar-refractivity contribution in [2.75, 3.05) is 0 Å². The molecule has 5 aromatic carbocycles. The van der Waals surface area contributed by atoms with E-state index in [1.165, 1.54) is 21.8 Å². The molecule has 198 valence electrons. The maximum Gasteiger partial charge on any atom is 0.146 e. The van der Waals surface area contributed by atoms with E-state index in [4.69, 9.17) is 9.41 Å². The highest BCUT2D eigenvalue weighted by Gasteiger charge is 2.27. The molecule has 2 aromatic heterocycles. The van der Waals surface area contributed by atoms with Crippen molar-refractivity contribution in [1.29, 1.82) is 0 Å². The standard InChI is InChI=1S/C38H25N3O/c1-2-12-24(13-3-1)36-29-17-4-8-18-32(29)39-38(40-36)31-23-25(22-30-28-16-7-11-21-35(28)42-37(30)31)41-33-19-9-5-14-26(33)27-15-6-10-20-34(27)41/h1-23,32H,(H,39,40). The molecule has 4 nitrogen and oxygen atoms in total. The molecule has 9 rings (SSSR count). The molecule has 1 atom stereocenters. The van der Waals surface area contributed by atoms with E-state index >= 15 is 0 Å². The van der Waals surface area contributed by atoms with E-state index < -0.39 is 0 Å². The number of aromatic nitrogens is 1. The smallest absolute Gasteiger partial charge is 0.146 e. The summed E-state index contributed by atoms with van der Waals surface area (Å²) in [6, 6.07) is 40.4. The van der Waals surface area contributed by atoms with Gasteiger partial charge in [0.1, 0.15) is 17.0 Å². The Hall–Kier alpha value is -5.61. The molecule has 0 amide bonds. The van der Waals surface area contributed by atoms with Crippen LogP contribution in [0.2, 0.25) is 0 Å². The van der Waals surface area contributed by atoms with Gasteiger partial charge >= 0.3 is 0 Å². The summed E-state index contributed by atoms with van der Waals surface area (Å²) in [5.41, 5.74) is 9.27. The molecule has 1 aliphatic carbocycles. The van der Waals surface area contributed by atoms with Crippen LogP contribution in [-0.4, -0.2) is 16.4 Å². The summed E-state index contributed by atoms with van der Waals surface area (Å²) in [7, 11) is 0. The van der Waals surface area contributed by atoms with E-state index in [9.17, 15) is 0 Å². The van der Waals surface area contributed by atoms with E-state index in [0.717, 1.165) is 55.9 Å². The molecule has 0 bridgehead atoms. The largest absolute Gasteiger partial charge is 0.455 e. The van der Waals surface area contributed by atoms with Crippen molar-refractivity contribution >= 4 is 55.3 Å². The zero-order chi connectivity index (χ0) is 27.6. The van der Waals surface area contributed by atoms with Crippen molar-refractivity contribution in [3.63, 3.8) is 0 Å². The Morgan fingerprint density at radius 1 is 0.667 bits per heavy atom. The average molecular weight is 540 g/mol. The monoisotopic (exact) mass is 539 g/mol. The van der Waals surface area contributed by atoms with E-state index in [-0.39, 0.29) is 6.04 Å². The van der Waals surface area contributed by atoms with Crippen LogP contribution in [-0.2, 0) is 0 Å². The van der Waals surface area contributed by atoms with Gasteiger partial charge in [0.2, 0.25) is 0 Å². The third-order valence-corrected chi connectivity index (χ3v) is 8.42. The van der Waals surface area contributed by atoms with Gasteiger partial charge in [-0.1, -0.05) is 109 Å². The highest BCUT2D eigenvalue weighted by atomic mass is 16.3. The summed E-state index contributed by atoms with van der Waals surface area (Å²) in [6.45, 7) is 0. The fraction of sp³-hybridized carbons (Fsp3) is 0.0263. The fourth-order valence-electron chi connectivity index (χ4n) is 6.53. The van der Waals surface area contributed by atoms with Gasteiger partial charge in [-0.05, 0) is 30.3 Å². The first kappa shape index (κ1) is 23.1. The van der Waals surface area contributed by atoms with Gasteiger partial charge in [0.15, 0.2) is 0 Å². The predicted molar refractivity (Wildman–Crippen MR) is 173 cm³/mol. The van der Waals surface area contributed by atoms with Gasteiger partial charge in [0.25, 0.3) is 0 Å². The summed E-state index contributed by atoms with van der Waals surface area (Å²) >= 11 is 0. The van der Waals surface area contributed by atoms with Crippen molar-refractivity contribution in [1.82, 2.24) is 9.88 Å². The summed E-state index contributed by atoms with van der Waals surface area (Å²) in [4.78, 5) is 5.30. The lowest BCUT2D eigenvalue weighted by atomic mass is 9.94. The summed E-state index contributed by atoms with van der Waals surface area (Å²) < 4.78 is 8.95. The Morgan fingerprint density at radius 3 is 2.14 bits per heavy atom. The molecule has 0 saturated heterocycles. The second-order valence-electron chi connectivity index (χ2n) is 10.8. The number of amidine groups is 1. The Morgan fingerprint density at radius 2 is 1.36 bits per heavy atom. The van der Waals surface area contributed by atoms with Gasteiger partial charge in [-0.2, -0.15) is 0 Å². The van der Waals surface area contributed by atoms with Crippen LogP contribution >= 0.6 is 0 Å². The molecule has 1 aliphatic heterocycles. The molecule has 1 unspecified atom stereocenters. The quantitative estimate of drug-likeness (QED) is 0.244. The number of aliphatic imine (C=N–C) groups is 1. The molecule has 1 N–H and O–H groups in total. The SMILES string of the molecule is C1=CC2=C(c3ccccc3)N=C(c3cc(-n4c5ccccc5c5ccccc54)cc4c3oc3ccccc34)NC2C=C1. The summed E-state index contributed by atoms with van der Waals surface area (Å²) in [5.74, 6) is 0.800. The van der Waals surface area contributed by atoms with Crippen molar-refractivity contribution in [2.45, 2.75) is 6.04 Å². The number of allylic oxidation sites excluding steroid dienone is 2. The number of fused-ring (bicyclic) bond motifs is 7. The molecule has 42 heavy (non-hydrogen) atoms. The molecular formula is C38H25N3O. The van der Waals surface area contributed by atoms with Crippen LogP contribution < -0.4 is 5.32 Å². The Bertz CT molecular complexity index is 2280. The highest BCUT2D eigenvalue weighted by Crippen LogP contribution is 2.38. The van der Waals surface area contributed by atoms with Gasteiger partial charge in [-0.3, -0.25) is 0 Å². The lowest BCUT2D eigenvalue weighted by Gasteiger charge is -2.28. The number of hydrogen-bond acceptors (Lipinski definition) is 3. The van der Waals surface area contributed by atoms with Gasteiger partial charge in [0.05, 0.1) is 28.3 Å². The van der Waals surface area contributed by atoms with Crippen LogP contribution in [0.25, 0.3) is 55.1 Å². The minimum atomic E-state index is 0.00836. The molecule has 0 radical (unpaired) electrons. The number of rotatable bonds is 3. The van der Waals surface area contributed by atoms with Gasteiger partial charge in [-0.15, -0.1) is 0 Å². The molecule has 4 heteroatoms. The maximum absolute atomic E-state index is 6.58. The van der Waals surface area contributed by atoms with E-state index in [0.29, 0.717) is 0 Å². The minimum absolute atomic E-state index is 0.00836. The minimum Gasteiger partial charge on any atom is -0.455 e. The summed E-state index contributed by atoms with van der Waals surface area (Å²) in [6.07, 6.45) is 8.53. The second kappa shape index (κ2) is 8.95.